The summed E-state index contributed by atoms with van der Waals surface area (Å²) in [6.07, 6.45) is 3.95. The number of ether oxygens (including phenoxy) is 2. The van der Waals surface area contributed by atoms with E-state index in [9.17, 15) is 4.39 Å². The molecule has 0 atom stereocenters. The summed E-state index contributed by atoms with van der Waals surface area (Å²) < 4.78 is 23.1. The van der Waals surface area contributed by atoms with Gasteiger partial charge in [0.1, 0.15) is 12.5 Å². The highest BCUT2D eigenvalue weighted by molar-refractivity contribution is 5.21. The molecule has 0 aromatic heterocycles. The molecule has 1 aromatic rings. The highest BCUT2D eigenvalue weighted by Crippen LogP contribution is 2.36. The molecule has 1 aliphatic rings. The number of hydrogen-bond donors (Lipinski definition) is 0. The quantitative estimate of drug-likeness (QED) is 0.756. The lowest BCUT2D eigenvalue weighted by atomic mass is 10.0. The zero-order chi connectivity index (χ0) is 10.6. The van der Waals surface area contributed by atoms with E-state index in [2.05, 4.69) is 0 Å². The molecule has 0 radical (unpaired) electrons. The lowest BCUT2D eigenvalue weighted by Crippen LogP contribution is -2.27. The Morgan fingerprint density at radius 1 is 1.07 bits per heavy atom. The van der Waals surface area contributed by atoms with Crippen molar-refractivity contribution in [3.05, 3.63) is 48.4 Å². The van der Waals surface area contributed by atoms with Crippen LogP contribution in [0.15, 0.2) is 42.9 Å². The average Bonchev–Trinajstić information content (AvgIpc) is 2.78. The number of alkyl halides is 1. The van der Waals surface area contributed by atoms with Gasteiger partial charge >= 0.3 is 0 Å². The number of halogens is 1. The molecular weight excluding hydrogens is 195 g/mol. The van der Waals surface area contributed by atoms with Crippen molar-refractivity contribution in [1.82, 2.24) is 0 Å². The van der Waals surface area contributed by atoms with Gasteiger partial charge in [0.25, 0.3) is 5.79 Å². The summed E-state index contributed by atoms with van der Waals surface area (Å²) in [5.74, 6) is -0.812. The van der Waals surface area contributed by atoms with Gasteiger partial charge in [0.2, 0.25) is 0 Å². The molecule has 1 aromatic carbocycles. The van der Waals surface area contributed by atoms with Gasteiger partial charge in [-0.1, -0.05) is 30.3 Å². The SMILES string of the molecule is FCCCC1(c2ccccc2)OC=CO1. The van der Waals surface area contributed by atoms with Crippen molar-refractivity contribution in [2.24, 2.45) is 0 Å². The topological polar surface area (TPSA) is 18.5 Å². The molecule has 80 valence electrons. The maximum Gasteiger partial charge on any atom is 0.276 e. The normalized spacial score (nSPS) is 17.1. The molecule has 2 rings (SSSR count). The molecule has 0 fully saturated rings. The van der Waals surface area contributed by atoms with Crippen LogP contribution in [-0.4, -0.2) is 6.67 Å². The summed E-state index contributed by atoms with van der Waals surface area (Å²) in [4.78, 5) is 0. The molecule has 0 unspecified atom stereocenters. The predicted octanol–water partition coefficient (Wildman–Crippen LogP) is 3.11. The van der Waals surface area contributed by atoms with Crippen LogP contribution in [0.2, 0.25) is 0 Å². The summed E-state index contributed by atoms with van der Waals surface area (Å²) in [6, 6.07) is 9.60. The van der Waals surface area contributed by atoms with E-state index >= 15 is 0 Å². The molecule has 0 bridgehead atoms. The Balaban J connectivity index is 2.19. The van der Waals surface area contributed by atoms with Gasteiger partial charge in [-0.3, -0.25) is 4.39 Å². The molecule has 1 heterocycles. The average molecular weight is 208 g/mol. The van der Waals surface area contributed by atoms with Gasteiger partial charge in [0.15, 0.2) is 0 Å². The van der Waals surface area contributed by atoms with Crippen molar-refractivity contribution in [2.75, 3.05) is 6.67 Å². The van der Waals surface area contributed by atoms with Crippen LogP contribution in [0.5, 0.6) is 0 Å². The van der Waals surface area contributed by atoms with E-state index in [4.69, 9.17) is 9.47 Å². The van der Waals surface area contributed by atoms with Gasteiger partial charge < -0.3 is 9.47 Å². The predicted molar refractivity (Wildman–Crippen MR) is 54.6 cm³/mol. The number of hydrogen-bond acceptors (Lipinski definition) is 2. The lowest BCUT2D eigenvalue weighted by molar-refractivity contribution is -0.156. The van der Waals surface area contributed by atoms with E-state index in [1.807, 2.05) is 30.3 Å². The Bertz CT molecular complexity index is 327. The Kier molecular flexibility index (Phi) is 2.90. The second-order valence-electron chi connectivity index (χ2n) is 3.42. The van der Waals surface area contributed by atoms with Gasteiger partial charge in [-0.15, -0.1) is 0 Å². The van der Waals surface area contributed by atoms with E-state index in [-0.39, 0.29) is 6.67 Å². The highest BCUT2D eigenvalue weighted by atomic mass is 19.1. The van der Waals surface area contributed by atoms with Crippen molar-refractivity contribution in [3.63, 3.8) is 0 Å². The van der Waals surface area contributed by atoms with E-state index in [0.29, 0.717) is 12.8 Å². The van der Waals surface area contributed by atoms with E-state index < -0.39 is 5.79 Å². The fourth-order valence-corrected chi connectivity index (χ4v) is 1.69. The van der Waals surface area contributed by atoms with Crippen LogP contribution in [0.4, 0.5) is 4.39 Å². The summed E-state index contributed by atoms with van der Waals surface area (Å²) in [5.41, 5.74) is 0.920. The molecule has 0 aliphatic carbocycles. The molecular formula is C12H13FO2. The smallest absolute Gasteiger partial charge is 0.276 e. The minimum Gasteiger partial charge on any atom is -0.453 e. The first-order chi connectivity index (χ1) is 7.37. The summed E-state index contributed by atoms with van der Waals surface area (Å²) in [5, 5.41) is 0. The van der Waals surface area contributed by atoms with Crippen LogP contribution in [0, 0.1) is 0 Å². The minimum atomic E-state index is -0.812. The Morgan fingerprint density at radius 2 is 1.73 bits per heavy atom. The van der Waals surface area contributed by atoms with Crippen LogP contribution >= 0.6 is 0 Å². The van der Waals surface area contributed by atoms with Gasteiger partial charge in [0, 0.05) is 12.0 Å². The van der Waals surface area contributed by atoms with Crippen LogP contribution in [-0.2, 0) is 15.3 Å². The molecule has 0 amide bonds. The molecule has 0 saturated heterocycles. The van der Waals surface area contributed by atoms with Crippen LogP contribution in [0.3, 0.4) is 0 Å². The number of benzene rings is 1. The Hall–Kier alpha value is -1.51. The van der Waals surface area contributed by atoms with Gasteiger partial charge in [-0.2, -0.15) is 0 Å². The first kappa shape index (κ1) is 10.0. The zero-order valence-electron chi connectivity index (χ0n) is 8.36. The van der Waals surface area contributed by atoms with Crippen molar-refractivity contribution in [3.8, 4) is 0 Å². The van der Waals surface area contributed by atoms with Crippen molar-refractivity contribution in [1.29, 1.82) is 0 Å². The van der Waals surface area contributed by atoms with E-state index in [1.54, 1.807) is 0 Å². The Morgan fingerprint density at radius 3 is 2.33 bits per heavy atom. The molecule has 0 spiro atoms. The lowest BCUT2D eigenvalue weighted by Gasteiger charge is -2.27. The first-order valence-electron chi connectivity index (χ1n) is 4.99. The molecule has 0 saturated carbocycles. The Labute approximate surface area is 88.3 Å². The van der Waals surface area contributed by atoms with E-state index in [0.717, 1.165) is 5.56 Å². The third kappa shape index (κ3) is 1.96. The third-order valence-electron chi connectivity index (χ3n) is 2.43. The first-order valence-corrected chi connectivity index (χ1v) is 4.99. The summed E-state index contributed by atoms with van der Waals surface area (Å²) in [7, 11) is 0. The van der Waals surface area contributed by atoms with Gasteiger partial charge in [-0.05, 0) is 6.42 Å². The van der Waals surface area contributed by atoms with E-state index in [1.165, 1.54) is 12.5 Å². The molecule has 3 heteroatoms. The molecule has 0 N–H and O–H groups in total. The largest absolute Gasteiger partial charge is 0.453 e. The number of rotatable bonds is 4. The zero-order valence-corrected chi connectivity index (χ0v) is 8.36. The second-order valence-corrected chi connectivity index (χ2v) is 3.42. The van der Waals surface area contributed by atoms with Crippen LogP contribution in [0.1, 0.15) is 18.4 Å². The fraction of sp³-hybridized carbons (Fsp3) is 0.333. The van der Waals surface area contributed by atoms with Crippen molar-refractivity contribution >= 4 is 0 Å². The van der Waals surface area contributed by atoms with Crippen molar-refractivity contribution < 1.29 is 13.9 Å². The molecule has 15 heavy (non-hydrogen) atoms. The maximum atomic E-state index is 12.2. The minimum absolute atomic E-state index is 0.360. The highest BCUT2D eigenvalue weighted by Gasteiger charge is 2.37. The standard InChI is InChI=1S/C12H13FO2/c13-8-4-7-12(14-9-10-15-12)11-5-2-1-3-6-11/h1-3,5-6,9-10H,4,7-8H2. The van der Waals surface area contributed by atoms with Crippen molar-refractivity contribution in [2.45, 2.75) is 18.6 Å². The second kappa shape index (κ2) is 4.34. The molecule has 1 aliphatic heterocycles. The van der Waals surface area contributed by atoms with Gasteiger partial charge in [0.05, 0.1) is 6.67 Å². The van der Waals surface area contributed by atoms with Crippen LogP contribution < -0.4 is 0 Å². The maximum absolute atomic E-state index is 12.2. The monoisotopic (exact) mass is 208 g/mol. The summed E-state index contributed by atoms with van der Waals surface area (Å²) in [6.45, 7) is -0.360. The van der Waals surface area contributed by atoms with Crippen LogP contribution in [0.25, 0.3) is 0 Å². The van der Waals surface area contributed by atoms with Gasteiger partial charge in [-0.25, -0.2) is 0 Å². The summed E-state index contributed by atoms with van der Waals surface area (Å²) >= 11 is 0. The fourth-order valence-electron chi connectivity index (χ4n) is 1.69. The third-order valence-corrected chi connectivity index (χ3v) is 2.43. The molecule has 2 nitrogen and oxygen atoms in total.